The number of hydrazone groups is 1. The molecule has 0 spiro atoms. The van der Waals surface area contributed by atoms with E-state index in [-0.39, 0.29) is 54.0 Å². The number of para-hydroxylation sites is 1. The number of carbonyl (C=O) groups is 5. The molecule has 0 saturated carbocycles. The lowest BCUT2D eigenvalue weighted by molar-refractivity contribution is -0.148. The van der Waals surface area contributed by atoms with Gasteiger partial charge < -0.3 is 37.9 Å². The number of rotatable bonds is 25. The van der Waals surface area contributed by atoms with Gasteiger partial charge in [0.2, 0.25) is 5.13 Å². The van der Waals surface area contributed by atoms with Gasteiger partial charge in [-0.3, -0.25) is 10.2 Å². The van der Waals surface area contributed by atoms with Crippen LogP contribution >= 0.6 is 11.3 Å². The molecule has 1 unspecified atom stereocenters. The number of aromatic nitrogens is 1. The van der Waals surface area contributed by atoms with Crippen molar-refractivity contribution in [2.75, 3.05) is 38.5 Å². The van der Waals surface area contributed by atoms with Crippen LogP contribution in [0, 0.1) is 0 Å². The maximum atomic E-state index is 13.5. The van der Waals surface area contributed by atoms with Crippen molar-refractivity contribution in [2.24, 2.45) is 5.10 Å². The minimum atomic E-state index is -0.745. The average Bonchev–Trinajstić information content (AvgIpc) is 3.78. The Balaban J connectivity index is 1.04. The highest BCUT2D eigenvalue weighted by molar-refractivity contribution is 7.22. The molecule has 370 valence electrons. The van der Waals surface area contributed by atoms with Gasteiger partial charge in [-0.2, -0.15) is 5.10 Å². The number of unbranched alkanes of at least 4 members (excludes halogenated alkanes) is 1. The molecule has 1 N–H and O–H groups in total. The number of hydrogen-bond donors (Lipinski definition) is 1. The van der Waals surface area contributed by atoms with Gasteiger partial charge in [-0.25, -0.2) is 24.2 Å². The molecule has 5 aromatic carbocycles. The molecule has 16 nitrogen and oxygen atoms in total. The molecule has 0 radical (unpaired) electrons. The van der Waals surface area contributed by atoms with E-state index in [1.807, 2.05) is 45.0 Å². The highest BCUT2D eigenvalue weighted by atomic mass is 32.1. The van der Waals surface area contributed by atoms with Crippen molar-refractivity contribution in [3.05, 3.63) is 156 Å². The van der Waals surface area contributed by atoms with E-state index in [0.29, 0.717) is 66.7 Å². The van der Waals surface area contributed by atoms with Crippen LogP contribution in [-0.2, 0) is 35.0 Å². The molecule has 0 amide bonds. The van der Waals surface area contributed by atoms with Gasteiger partial charge in [-0.15, -0.1) is 0 Å². The summed E-state index contributed by atoms with van der Waals surface area (Å²) in [7, 11) is 0. The zero-order chi connectivity index (χ0) is 50.6. The summed E-state index contributed by atoms with van der Waals surface area (Å²) in [6.07, 6.45) is 3.72. The first-order chi connectivity index (χ1) is 34.2. The number of fused-ring (bicyclic) bond motifs is 1. The summed E-state index contributed by atoms with van der Waals surface area (Å²) in [6.45, 7) is 11.7. The SMILES string of the molecule is C=CC(=O)OC(COCCCCOC(=O)CC)COc1ccc(C(=O)Oc2ccc(CCOC(=O)c3ccc(OC(=O)c4ccc(OC(C)(C)C)cc4)cc3)cc2/C=N/Nc2nc3ccccc3s2)cc1. The largest absolute Gasteiger partial charge is 0.490 e. The van der Waals surface area contributed by atoms with E-state index in [9.17, 15) is 24.0 Å². The molecule has 0 saturated heterocycles. The predicted molar refractivity (Wildman–Crippen MR) is 268 cm³/mol. The standard InChI is InChI=1S/C54H55N3O13S/c1-6-48(58)64-30-11-10-29-63-34-44(67-49(59)7-2)35-66-41-21-15-39(16-22-41)52(62)69-46-27-14-36(32-40(46)33-55-57-53-56-45-12-8-9-13-47(45)71-53)28-31-65-50(60)37-17-23-42(24-18-37)68-51(61)38-19-25-43(26-20-38)70-54(3,4)5/h7-9,12-27,32-33,44H,2,6,10-11,28-31,34-35H2,1,3-5H3,(H,56,57)/b55-33+. The monoisotopic (exact) mass is 985 g/mol. The number of nitrogens with zero attached hydrogens (tertiary/aromatic N) is 2. The number of anilines is 1. The highest BCUT2D eigenvalue weighted by Crippen LogP contribution is 2.27. The molecule has 0 bridgehead atoms. The number of carbonyl (C=O) groups excluding carboxylic acids is 5. The Morgan fingerprint density at radius 3 is 2.06 bits per heavy atom. The summed E-state index contributed by atoms with van der Waals surface area (Å²) >= 11 is 1.43. The Bertz CT molecular complexity index is 2750. The molecule has 0 aliphatic carbocycles. The molecule has 0 fully saturated rings. The van der Waals surface area contributed by atoms with Gasteiger partial charge in [0.1, 0.15) is 35.2 Å². The molecule has 0 aliphatic rings. The normalized spacial score (nSPS) is 11.6. The molecule has 1 atom stereocenters. The number of benzene rings is 5. The highest BCUT2D eigenvalue weighted by Gasteiger charge is 2.18. The van der Waals surface area contributed by atoms with Crippen molar-refractivity contribution < 1.29 is 61.9 Å². The lowest BCUT2D eigenvalue weighted by atomic mass is 10.1. The summed E-state index contributed by atoms with van der Waals surface area (Å²) in [5.41, 5.74) is 5.46. The quantitative estimate of drug-likeness (QED) is 0.0108. The third kappa shape index (κ3) is 17.2. The lowest BCUT2D eigenvalue weighted by Crippen LogP contribution is -2.29. The zero-order valence-electron chi connectivity index (χ0n) is 39.9. The Kier molecular flexibility index (Phi) is 19.4. The van der Waals surface area contributed by atoms with Gasteiger partial charge in [0.05, 0.1) is 52.9 Å². The molecule has 0 aliphatic heterocycles. The smallest absolute Gasteiger partial charge is 0.343 e. The Hall–Kier alpha value is -7.89. The van der Waals surface area contributed by atoms with E-state index in [2.05, 4.69) is 22.1 Å². The molecule has 6 aromatic rings. The van der Waals surface area contributed by atoms with Crippen LogP contribution in [0.25, 0.3) is 10.2 Å². The minimum Gasteiger partial charge on any atom is -0.490 e. The van der Waals surface area contributed by atoms with Crippen LogP contribution in [0.2, 0.25) is 0 Å². The second-order valence-corrected chi connectivity index (χ2v) is 17.6. The van der Waals surface area contributed by atoms with Crippen LogP contribution in [0.15, 0.2) is 133 Å². The third-order valence-electron chi connectivity index (χ3n) is 9.89. The number of nitrogens with one attached hydrogen (secondary N) is 1. The summed E-state index contributed by atoms with van der Waals surface area (Å²) in [4.78, 5) is 67.1. The Morgan fingerprint density at radius 2 is 1.38 bits per heavy atom. The molecule has 6 rings (SSSR count). The van der Waals surface area contributed by atoms with Crippen LogP contribution in [0.1, 0.15) is 89.2 Å². The number of hydrogen-bond acceptors (Lipinski definition) is 17. The van der Waals surface area contributed by atoms with Crippen LogP contribution < -0.4 is 24.4 Å². The minimum absolute atomic E-state index is 0.0299. The van der Waals surface area contributed by atoms with Crippen LogP contribution in [0.3, 0.4) is 0 Å². The second kappa shape index (κ2) is 26.2. The van der Waals surface area contributed by atoms with Gasteiger partial charge in [0.25, 0.3) is 0 Å². The van der Waals surface area contributed by atoms with Gasteiger partial charge in [-0.1, -0.05) is 43.0 Å². The zero-order valence-corrected chi connectivity index (χ0v) is 40.7. The predicted octanol–water partition coefficient (Wildman–Crippen LogP) is 9.98. The van der Waals surface area contributed by atoms with Crippen molar-refractivity contribution >= 4 is 62.7 Å². The fourth-order valence-corrected chi connectivity index (χ4v) is 7.20. The topological polar surface area (TPSA) is 196 Å². The number of thiazole rings is 1. The van der Waals surface area contributed by atoms with Crippen molar-refractivity contribution in [2.45, 2.75) is 65.1 Å². The summed E-state index contributed by atoms with van der Waals surface area (Å²) in [5, 5.41) is 4.95. The van der Waals surface area contributed by atoms with Crippen molar-refractivity contribution in [1.82, 2.24) is 4.98 Å². The van der Waals surface area contributed by atoms with Crippen LogP contribution in [0.5, 0.6) is 23.0 Å². The molecular formula is C54H55N3O13S. The average molecular weight is 986 g/mol. The third-order valence-corrected chi connectivity index (χ3v) is 10.8. The van der Waals surface area contributed by atoms with Crippen LogP contribution in [-0.4, -0.2) is 85.8 Å². The first-order valence-electron chi connectivity index (χ1n) is 22.8. The van der Waals surface area contributed by atoms with Gasteiger partial charge in [0, 0.05) is 31.1 Å². The fourth-order valence-electron chi connectivity index (χ4n) is 6.38. The molecule has 17 heteroatoms. The van der Waals surface area contributed by atoms with Gasteiger partial charge in [-0.05, 0) is 136 Å². The van der Waals surface area contributed by atoms with E-state index in [1.165, 1.54) is 41.8 Å². The lowest BCUT2D eigenvalue weighted by Gasteiger charge is -2.21. The van der Waals surface area contributed by atoms with Crippen molar-refractivity contribution in [3.8, 4) is 23.0 Å². The molecule has 71 heavy (non-hydrogen) atoms. The Labute approximate surface area is 415 Å². The number of ether oxygens (including phenoxy) is 8. The molecule has 1 aromatic heterocycles. The molecular weight excluding hydrogens is 931 g/mol. The molecule has 1 heterocycles. The van der Waals surface area contributed by atoms with Gasteiger partial charge in [0.15, 0.2) is 6.10 Å². The van der Waals surface area contributed by atoms with E-state index in [1.54, 1.807) is 73.7 Å². The van der Waals surface area contributed by atoms with E-state index < -0.39 is 30.0 Å². The van der Waals surface area contributed by atoms with E-state index in [0.717, 1.165) is 21.9 Å². The summed E-state index contributed by atoms with van der Waals surface area (Å²) < 4.78 is 45.7. The summed E-state index contributed by atoms with van der Waals surface area (Å²) in [5.74, 6) is -1.15. The maximum Gasteiger partial charge on any atom is 0.343 e. The van der Waals surface area contributed by atoms with Crippen molar-refractivity contribution in [3.63, 3.8) is 0 Å². The maximum absolute atomic E-state index is 13.5. The second-order valence-electron chi connectivity index (χ2n) is 16.6. The van der Waals surface area contributed by atoms with Crippen molar-refractivity contribution in [1.29, 1.82) is 0 Å². The summed E-state index contributed by atoms with van der Waals surface area (Å²) in [6, 6.07) is 31.8. The van der Waals surface area contributed by atoms with E-state index >= 15 is 0 Å². The Morgan fingerprint density at radius 1 is 0.732 bits per heavy atom. The van der Waals surface area contributed by atoms with Gasteiger partial charge >= 0.3 is 29.8 Å². The van der Waals surface area contributed by atoms with Crippen LogP contribution in [0.4, 0.5) is 5.13 Å². The van der Waals surface area contributed by atoms with E-state index in [4.69, 9.17) is 37.9 Å². The first kappa shape index (κ1) is 52.5. The fraction of sp³-hybridized carbons (Fsp3) is 0.278. The first-order valence-corrected chi connectivity index (χ1v) is 23.6. The number of esters is 5.